The quantitative estimate of drug-likeness (QED) is 0.382. The normalized spacial score (nSPS) is 19.5. The first-order chi connectivity index (χ1) is 18.9. The molecule has 5 rings (SSSR count). The zero-order valence-electron chi connectivity index (χ0n) is 21.8. The van der Waals surface area contributed by atoms with Crippen LogP contribution >= 0.6 is 12.4 Å². The number of hydrogen-bond donors (Lipinski definition) is 3. The molecule has 1 atom stereocenters. The van der Waals surface area contributed by atoms with Crippen LogP contribution in [0, 0.1) is 5.92 Å². The molecule has 0 aromatic carbocycles. The van der Waals surface area contributed by atoms with Gasteiger partial charge >= 0.3 is 0 Å². The summed E-state index contributed by atoms with van der Waals surface area (Å²) >= 11 is 0. The maximum Gasteiger partial charge on any atom is 0.281 e. The van der Waals surface area contributed by atoms with Gasteiger partial charge in [0.1, 0.15) is 5.69 Å². The number of nitrogen functional groups attached to an aromatic ring is 1. The number of amides is 2. The van der Waals surface area contributed by atoms with Crippen LogP contribution in [0.2, 0.25) is 0 Å². The summed E-state index contributed by atoms with van der Waals surface area (Å²) in [5, 5.41) is 5.88. The lowest BCUT2D eigenvalue weighted by molar-refractivity contribution is -0.134. The molecule has 0 bridgehead atoms. The minimum atomic E-state index is -2.91. The van der Waals surface area contributed by atoms with Gasteiger partial charge in [-0.1, -0.05) is 0 Å². The van der Waals surface area contributed by atoms with E-state index in [-0.39, 0.29) is 54.0 Å². The number of nitrogens with one attached hydrogen (secondary N) is 2. The smallest absolute Gasteiger partial charge is 0.281 e. The van der Waals surface area contributed by atoms with Gasteiger partial charge in [0.25, 0.3) is 6.43 Å². The van der Waals surface area contributed by atoms with Gasteiger partial charge in [0.05, 0.1) is 31.2 Å². The van der Waals surface area contributed by atoms with Crippen LogP contribution < -0.4 is 26.2 Å². The average molecular weight is 584 g/mol. The van der Waals surface area contributed by atoms with Gasteiger partial charge in [-0.25, -0.2) is 18.7 Å². The molecule has 40 heavy (non-hydrogen) atoms. The van der Waals surface area contributed by atoms with Crippen molar-refractivity contribution in [2.75, 3.05) is 87.7 Å². The highest BCUT2D eigenvalue weighted by molar-refractivity contribution is 5.86. The SMILES string of the molecule is Cl.Nc1ncc(-c2nc(N3CCOCC3)nc(N3CCN(C(=O)CNC(=O)[C@@H]4CCNC4)CC3)n2)c(C(F)F)n1. The second-order valence-electron chi connectivity index (χ2n) is 9.46. The third-order valence-corrected chi connectivity index (χ3v) is 6.95. The molecular formula is C23H32ClF2N11O3. The number of ether oxygens (including phenoxy) is 1. The molecule has 5 heterocycles. The summed E-state index contributed by atoms with van der Waals surface area (Å²) in [4.78, 5) is 51.6. The first-order valence-corrected chi connectivity index (χ1v) is 12.9. The van der Waals surface area contributed by atoms with Crippen LogP contribution in [0.3, 0.4) is 0 Å². The summed E-state index contributed by atoms with van der Waals surface area (Å²) in [5.74, 6) is -0.0147. The molecule has 3 fully saturated rings. The fourth-order valence-electron chi connectivity index (χ4n) is 4.72. The van der Waals surface area contributed by atoms with Gasteiger partial charge < -0.3 is 35.8 Å². The van der Waals surface area contributed by atoms with Crippen LogP contribution in [0.25, 0.3) is 11.4 Å². The van der Waals surface area contributed by atoms with E-state index in [0.29, 0.717) is 70.9 Å². The predicted octanol–water partition coefficient (Wildman–Crippen LogP) is -0.519. The number of morpholine rings is 1. The Hall–Kier alpha value is -3.50. The minimum absolute atomic E-state index is 0. The fourth-order valence-corrected chi connectivity index (χ4v) is 4.72. The fraction of sp³-hybridized carbons (Fsp3) is 0.609. The van der Waals surface area contributed by atoms with Gasteiger partial charge in [0, 0.05) is 52.0 Å². The molecule has 0 aliphatic carbocycles. The lowest BCUT2D eigenvalue weighted by atomic mass is 10.1. The van der Waals surface area contributed by atoms with Gasteiger partial charge in [-0.15, -0.1) is 12.4 Å². The highest BCUT2D eigenvalue weighted by Gasteiger charge is 2.28. The largest absolute Gasteiger partial charge is 0.378 e. The van der Waals surface area contributed by atoms with E-state index in [9.17, 15) is 18.4 Å². The number of halogens is 3. The molecule has 2 aromatic heterocycles. The second kappa shape index (κ2) is 13.2. The standard InChI is InChI=1S/C23H31F2N11O3.ClH/c24-18(25)17-15(12-29-21(26)30-17)19-31-22(33-23(32-19)36-7-9-39-10-8-36)35-5-3-34(4-6-35)16(37)13-28-20(38)14-1-2-27-11-14;/h12,14,18,27H,1-11,13H2,(H,28,38)(H2,26,29,30);1H/t14-;/m1./s1. The van der Waals surface area contributed by atoms with Crippen LogP contribution in [0.15, 0.2) is 6.20 Å². The minimum Gasteiger partial charge on any atom is -0.378 e. The average Bonchev–Trinajstić information content (AvgIpc) is 3.51. The molecule has 2 amide bonds. The van der Waals surface area contributed by atoms with Crippen LogP contribution in [-0.2, 0) is 14.3 Å². The summed E-state index contributed by atoms with van der Waals surface area (Å²) in [7, 11) is 0. The first kappa shape index (κ1) is 29.5. The number of nitrogens with zero attached hydrogens (tertiary/aromatic N) is 8. The van der Waals surface area contributed by atoms with E-state index in [1.807, 2.05) is 9.80 Å². The van der Waals surface area contributed by atoms with Crippen LogP contribution in [0.4, 0.5) is 26.6 Å². The number of anilines is 3. The number of rotatable bonds is 7. The monoisotopic (exact) mass is 583 g/mol. The zero-order valence-corrected chi connectivity index (χ0v) is 22.6. The van der Waals surface area contributed by atoms with E-state index in [1.165, 1.54) is 6.20 Å². The molecule has 17 heteroatoms. The molecule has 218 valence electrons. The Balaban J connectivity index is 0.00000370. The van der Waals surface area contributed by atoms with Crippen molar-refractivity contribution in [1.29, 1.82) is 0 Å². The summed E-state index contributed by atoms with van der Waals surface area (Å²) in [6, 6.07) is 0. The maximum absolute atomic E-state index is 13.8. The molecule has 3 aliphatic heterocycles. The number of piperazine rings is 1. The highest BCUT2D eigenvalue weighted by Crippen LogP contribution is 2.30. The molecule has 14 nitrogen and oxygen atoms in total. The molecule has 0 radical (unpaired) electrons. The molecule has 3 aliphatic rings. The van der Waals surface area contributed by atoms with E-state index < -0.39 is 12.1 Å². The molecule has 2 aromatic rings. The van der Waals surface area contributed by atoms with Crippen LogP contribution in [0.5, 0.6) is 0 Å². The Morgan fingerprint density at radius 2 is 1.73 bits per heavy atom. The van der Waals surface area contributed by atoms with Gasteiger partial charge in [0.2, 0.25) is 29.7 Å². The zero-order chi connectivity index (χ0) is 27.4. The van der Waals surface area contributed by atoms with E-state index in [0.717, 1.165) is 13.0 Å². The Morgan fingerprint density at radius 3 is 2.35 bits per heavy atom. The summed E-state index contributed by atoms with van der Waals surface area (Å²) in [6.07, 6.45) is -0.948. The Kier molecular flexibility index (Phi) is 9.76. The topological polar surface area (TPSA) is 168 Å². The van der Waals surface area contributed by atoms with E-state index in [1.54, 1.807) is 4.90 Å². The maximum atomic E-state index is 13.8. The lowest BCUT2D eigenvalue weighted by Gasteiger charge is -2.35. The Labute approximate surface area is 235 Å². The van der Waals surface area contributed by atoms with Crippen molar-refractivity contribution in [2.45, 2.75) is 12.8 Å². The summed E-state index contributed by atoms with van der Waals surface area (Å²) in [5.41, 5.74) is 4.96. The van der Waals surface area contributed by atoms with Gasteiger partial charge in [-0.3, -0.25) is 9.59 Å². The number of nitrogens with two attached hydrogens (primary N) is 1. The highest BCUT2D eigenvalue weighted by atomic mass is 35.5. The lowest BCUT2D eigenvalue weighted by Crippen LogP contribution is -2.52. The summed E-state index contributed by atoms with van der Waals surface area (Å²) < 4.78 is 33.0. The van der Waals surface area contributed by atoms with Crippen LogP contribution in [-0.4, -0.2) is 114 Å². The number of alkyl halides is 2. The van der Waals surface area contributed by atoms with Crippen molar-refractivity contribution in [2.24, 2.45) is 5.92 Å². The third-order valence-electron chi connectivity index (χ3n) is 6.95. The number of carbonyl (C=O) groups excluding carboxylic acids is 2. The molecular weight excluding hydrogens is 552 g/mol. The van der Waals surface area contributed by atoms with Crippen molar-refractivity contribution in [3.63, 3.8) is 0 Å². The molecule has 4 N–H and O–H groups in total. The van der Waals surface area contributed by atoms with Crippen LogP contribution in [0.1, 0.15) is 18.5 Å². The Bertz CT molecular complexity index is 1190. The number of carbonyl (C=O) groups is 2. The predicted molar refractivity (Wildman–Crippen MR) is 143 cm³/mol. The second-order valence-corrected chi connectivity index (χ2v) is 9.46. The van der Waals surface area contributed by atoms with E-state index in [4.69, 9.17) is 10.5 Å². The van der Waals surface area contributed by atoms with Crippen molar-refractivity contribution in [3.8, 4) is 11.4 Å². The van der Waals surface area contributed by atoms with Crippen molar-refractivity contribution < 1.29 is 23.1 Å². The van der Waals surface area contributed by atoms with E-state index in [2.05, 4.69) is 35.6 Å². The van der Waals surface area contributed by atoms with Gasteiger partial charge in [0.15, 0.2) is 5.82 Å². The number of aromatic nitrogens is 5. The molecule has 0 spiro atoms. The number of hydrogen-bond acceptors (Lipinski definition) is 12. The Morgan fingerprint density at radius 1 is 1.05 bits per heavy atom. The van der Waals surface area contributed by atoms with E-state index >= 15 is 0 Å². The molecule has 3 saturated heterocycles. The molecule has 0 saturated carbocycles. The van der Waals surface area contributed by atoms with Crippen molar-refractivity contribution in [3.05, 3.63) is 11.9 Å². The summed E-state index contributed by atoms with van der Waals surface area (Å²) in [6.45, 7) is 5.02. The molecule has 0 unspecified atom stereocenters. The third kappa shape index (κ3) is 6.79. The van der Waals surface area contributed by atoms with Gasteiger partial charge in [-0.2, -0.15) is 15.0 Å². The first-order valence-electron chi connectivity index (χ1n) is 12.9. The van der Waals surface area contributed by atoms with Crippen molar-refractivity contribution in [1.82, 2.24) is 40.5 Å². The van der Waals surface area contributed by atoms with Crippen molar-refractivity contribution >= 4 is 42.1 Å². The van der Waals surface area contributed by atoms with Gasteiger partial charge in [-0.05, 0) is 13.0 Å².